The first-order valence-corrected chi connectivity index (χ1v) is 24.9. The predicted molar refractivity (Wildman–Crippen MR) is 250 cm³/mol. The monoisotopic (exact) mass is 814 g/mol. The van der Waals surface area contributed by atoms with Crippen LogP contribution in [0.25, 0.3) is 0 Å². The van der Waals surface area contributed by atoms with Crippen LogP contribution in [0, 0.1) is 0 Å². The SMILES string of the molecule is CC/C=C/C=C/C=C/C=C\CCCCCCCC(=O)OC(CCCCCCCCCCCCCCC)CC(=O)NC(CO)C(O)CCCCCCCCCCCCC. The van der Waals surface area contributed by atoms with Crippen molar-refractivity contribution in [1.82, 2.24) is 5.32 Å². The second-order valence-electron chi connectivity index (χ2n) is 16.9. The van der Waals surface area contributed by atoms with E-state index in [0.29, 0.717) is 19.3 Å². The van der Waals surface area contributed by atoms with E-state index in [-0.39, 0.29) is 24.9 Å². The maximum atomic E-state index is 13.2. The second kappa shape index (κ2) is 45.9. The van der Waals surface area contributed by atoms with Crippen LogP contribution in [-0.4, -0.2) is 46.9 Å². The molecule has 0 rings (SSSR count). The van der Waals surface area contributed by atoms with Crippen LogP contribution in [0.15, 0.2) is 48.6 Å². The first kappa shape index (κ1) is 55.8. The first-order chi connectivity index (χ1) is 28.5. The fraction of sp³-hybridized carbons (Fsp3) is 0.808. The largest absolute Gasteiger partial charge is 0.462 e. The highest BCUT2D eigenvalue weighted by Crippen LogP contribution is 2.18. The molecule has 0 bridgehead atoms. The molecule has 0 radical (unpaired) electrons. The molecule has 3 N–H and O–H groups in total. The van der Waals surface area contributed by atoms with E-state index in [1.807, 2.05) is 18.2 Å². The number of aliphatic hydroxyl groups is 2. The highest BCUT2D eigenvalue weighted by molar-refractivity contribution is 5.77. The van der Waals surface area contributed by atoms with Gasteiger partial charge in [0.15, 0.2) is 0 Å². The van der Waals surface area contributed by atoms with Gasteiger partial charge in [0.05, 0.1) is 25.2 Å². The summed E-state index contributed by atoms with van der Waals surface area (Å²) >= 11 is 0. The highest BCUT2D eigenvalue weighted by atomic mass is 16.5. The Bertz CT molecular complexity index is 1000. The number of hydrogen-bond donors (Lipinski definition) is 3. The number of aliphatic hydroxyl groups excluding tert-OH is 2. The Labute approximate surface area is 359 Å². The van der Waals surface area contributed by atoms with Crippen LogP contribution in [0.1, 0.15) is 245 Å². The van der Waals surface area contributed by atoms with Crippen molar-refractivity contribution in [2.75, 3.05) is 6.61 Å². The van der Waals surface area contributed by atoms with Crippen LogP contribution >= 0.6 is 0 Å². The van der Waals surface area contributed by atoms with E-state index in [1.165, 1.54) is 122 Å². The number of ether oxygens (including phenoxy) is 1. The molecule has 0 saturated heterocycles. The summed E-state index contributed by atoms with van der Waals surface area (Å²) in [5.41, 5.74) is 0. The van der Waals surface area contributed by atoms with Crippen LogP contribution in [0.3, 0.4) is 0 Å². The van der Waals surface area contributed by atoms with Crippen molar-refractivity contribution < 1.29 is 24.5 Å². The van der Waals surface area contributed by atoms with Crippen molar-refractivity contribution in [3.05, 3.63) is 48.6 Å². The molecule has 0 aliphatic carbocycles. The topological polar surface area (TPSA) is 95.9 Å². The summed E-state index contributed by atoms with van der Waals surface area (Å²) in [6.07, 6.45) is 54.5. The molecule has 0 aromatic rings. The number of nitrogens with one attached hydrogen (secondary N) is 1. The average Bonchev–Trinajstić information content (AvgIpc) is 3.22. The number of esters is 1. The van der Waals surface area contributed by atoms with Crippen molar-refractivity contribution in [1.29, 1.82) is 0 Å². The summed E-state index contributed by atoms with van der Waals surface area (Å²) < 4.78 is 5.92. The Morgan fingerprint density at radius 1 is 0.517 bits per heavy atom. The van der Waals surface area contributed by atoms with Crippen molar-refractivity contribution in [3.63, 3.8) is 0 Å². The summed E-state index contributed by atoms with van der Waals surface area (Å²) in [6.45, 7) is 6.34. The molecule has 6 nitrogen and oxygen atoms in total. The van der Waals surface area contributed by atoms with E-state index in [2.05, 4.69) is 56.5 Å². The van der Waals surface area contributed by atoms with Gasteiger partial charge in [-0.2, -0.15) is 0 Å². The maximum Gasteiger partial charge on any atom is 0.306 e. The minimum Gasteiger partial charge on any atom is -0.462 e. The number of carbonyl (C=O) groups excluding carboxylic acids is 2. The smallest absolute Gasteiger partial charge is 0.306 e. The molecule has 0 saturated carbocycles. The van der Waals surface area contributed by atoms with Gasteiger partial charge in [-0.3, -0.25) is 9.59 Å². The number of allylic oxidation sites excluding steroid dienone is 8. The Balaban J connectivity index is 4.61. The molecule has 0 aromatic heterocycles. The summed E-state index contributed by atoms with van der Waals surface area (Å²) in [7, 11) is 0. The third-order valence-electron chi connectivity index (χ3n) is 11.3. The molecule has 3 atom stereocenters. The van der Waals surface area contributed by atoms with Gasteiger partial charge in [0.1, 0.15) is 6.10 Å². The molecular weight excluding hydrogens is 719 g/mol. The molecule has 0 spiro atoms. The minimum absolute atomic E-state index is 0.0700. The molecule has 3 unspecified atom stereocenters. The molecule has 0 heterocycles. The molecule has 1 amide bonds. The molecule has 6 heteroatoms. The lowest BCUT2D eigenvalue weighted by atomic mass is 10.0. The first-order valence-electron chi connectivity index (χ1n) is 24.9. The van der Waals surface area contributed by atoms with Gasteiger partial charge < -0.3 is 20.3 Å². The lowest BCUT2D eigenvalue weighted by Crippen LogP contribution is -2.46. The third kappa shape index (κ3) is 40.6. The molecule has 0 aliphatic rings. The number of carbonyl (C=O) groups is 2. The molecule has 0 fully saturated rings. The predicted octanol–water partition coefficient (Wildman–Crippen LogP) is 14.7. The van der Waals surface area contributed by atoms with Crippen molar-refractivity contribution >= 4 is 11.9 Å². The zero-order valence-electron chi connectivity index (χ0n) is 38.4. The molecule has 0 aromatic carbocycles. The normalized spacial score (nSPS) is 13.7. The van der Waals surface area contributed by atoms with E-state index >= 15 is 0 Å². The van der Waals surface area contributed by atoms with Crippen molar-refractivity contribution in [2.45, 2.75) is 264 Å². The third-order valence-corrected chi connectivity index (χ3v) is 11.3. The number of rotatable bonds is 44. The van der Waals surface area contributed by atoms with E-state index in [1.54, 1.807) is 0 Å². The maximum absolute atomic E-state index is 13.2. The van der Waals surface area contributed by atoms with Gasteiger partial charge in [0.2, 0.25) is 5.91 Å². The average molecular weight is 814 g/mol. The fourth-order valence-electron chi connectivity index (χ4n) is 7.50. The van der Waals surface area contributed by atoms with E-state index in [0.717, 1.165) is 77.0 Å². The number of unbranched alkanes of at least 4 members (excludes halogenated alkanes) is 27. The molecular formula is C52H95NO5. The molecule has 58 heavy (non-hydrogen) atoms. The zero-order chi connectivity index (χ0) is 42.4. The fourth-order valence-corrected chi connectivity index (χ4v) is 7.50. The lowest BCUT2D eigenvalue weighted by Gasteiger charge is -2.24. The number of hydrogen-bond acceptors (Lipinski definition) is 5. The zero-order valence-corrected chi connectivity index (χ0v) is 38.4. The van der Waals surface area contributed by atoms with E-state index in [9.17, 15) is 19.8 Å². The van der Waals surface area contributed by atoms with Gasteiger partial charge in [-0.25, -0.2) is 0 Å². The Morgan fingerprint density at radius 2 is 0.931 bits per heavy atom. The van der Waals surface area contributed by atoms with Crippen LogP contribution in [0.2, 0.25) is 0 Å². The van der Waals surface area contributed by atoms with Crippen LogP contribution in [0.4, 0.5) is 0 Å². The Hall–Kier alpha value is -2.18. The summed E-state index contributed by atoms with van der Waals surface area (Å²) in [4.78, 5) is 26.1. The quantitative estimate of drug-likeness (QED) is 0.0323. The van der Waals surface area contributed by atoms with Gasteiger partial charge >= 0.3 is 5.97 Å². The van der Waals surface area contributed by atoms with E-state index < -0.39 is 18.2 Å². The van der Waals surface area contributed by atoms with Crippen molar-refractivity contribution in [3.8, 4) is 0 Å². The van der Waals surface area contributed by atoms with Crippen molar-refractivity contribution in [2.24, 2.45) is 0 Å². The van der Waals surface area contributed by atoms with E-state index in [4.69, 9.17) is 4.74 Å². The standard InChI is InChI=1S/C52H95NO5/c1-4-7-10-13-16-19-22-24-25-27-30-33-36-39-42-45-52(57)58-48(43-40-37-34-31-29-26-23-20-17-14-11-8-5-2)46-51(56)53-49(47-54)50(55)44-41-38-35-32-28-21-18-15-12-9-6-3/h7,10,13,16,19,22,24-25,48-50,54-55H,4-6,8-9,11-12,14-15,17-18,20-21,23,26-47H2,1-3H3,(H,53,56)/b10-7+,16-13+,22-19+,25-24-. The van der Waals surface area contributed by atoms with Gasteiger partial charge in [-0.15, -0.1) is 0 Å². The second-order valence-corrected chi connectivity index (χ2v) is 16.9. The summed E-state index contributed by atoms with van der Waals surface area (Å²) in [5.74, 6) is -0.494. The molecule has 0 aliphatic heterocycles. The lowest BCUT2D eigenvalue weighted by molar-refractivity contribution is -0.151. The highest BCUT2D eigenvalue weighted by Gasteiger charge is 2.24. The van der Waals surface area contributed by atoms with Crippen LogP contribution < -0.4 is 5.32 Å². The van der Waals surface area contributed by atoms with Gasteiger partial charge in [-0.1, -0.05) is 236 Å². The van der Waals surface area contributed by atoms with Crippen LogP contribution in [-0.2, 0) is 14.3 Å². The summed E-state index contributed by atoms with van der Waals surface area (Å²) in [6, 6.07) is -0.703. The summed E-state index contributed by atoms with van der Waals surface area (Å²) in [5, 5.41) is 23.7. The Morgan fingerprint density at radius 3 is 1.41 bits per heavy atom. The van der Waals surface area contributed by atoms with Crippen LogP contribution in [0.5, 0.6) is 0 Å². The minimum atomic E-state index is -0.789. The van der Waals surface area contributed by atoms with Gasteiger partial charge in [0, 0.05) is 6.42 Å². The van der Waals surface area contributed by atoms with Gasteiger partial charge in [0.25, 0.3) is 0 Å². The van der Waals surface area contributed by atoms with Gasteiger partial charge in [-0.05, 0) is 44.9 Å². The number of amides is 1. The Kier molecular flexibility index (Phi) is 44.2. The molecule has 338 valence electrons.